The quantitative estimate of drug-likeness (QED) is 0.840. The van der Waals surface area contributed by atoms with Crippen molar-refractivity contribution in [3.63, 3.8) is 0 Å². The highest BCUT2D eigenvalue weighted by Crippen LogP contribution is 2.17. The van der Waals surface area contributed by atoms with Gasteiger partial charge in [0, 0.05) is 19.5 Å². The molecule has 0 aliphatic carbocycles. The lowest BCUT2D eigenvalue weighted by atomic mass is 10.2. The first kappa shape index (κ1) is 10.8. The fourth-order valence-corrected chi connectivity index (χ4v) is 2.14. The molecule has 1 aromatic carbocycles. The number of fused-ring (bicyclic) bond motifs is 1. The number of amides is 2. The topological polar surface area (TPSA) is 59.0 Å². The Labute approximate surface area is 105 Å². The summed E-state index contributed by atoms with van der Waals surface area (Å²) in [6.45, 7) is 1.42. The summed E-state index contributed by atoms with van der Waals surface area (Å²) in [4.78, 5) is 15.6. The average Bonchev–Trinajstić information content (AvgIpc) is 2.64. The van der Waals surface area contributed by atoms with Crippen LogP contribution in [0.4, 0.5) is 10.6 Å². The predicted octanol–water partition coefficient (Wildman–Crippen LogP) is 1.61. The minimum Gasteiger partial charge on any atom is -0.337 e. The van der Waals surface area contributed by atoms with Crippen molar-refractivity contribution in [1.29, 1.82) is 0 Å². The summed E-state index contributed by atoms with van der Waals surface area (Å²) < 4.78 is 2.08. The molecule has 1 aliphatic heterocycles. The maximum Gasteiger partial charge on any atom is 0.320 e. The maximum absolute atomic E-state index is 11.3. The van der Waals surface area contributed by atoms with Crippen LogP contribution in [0.1, 0.15) is 11.3 Å². The van der Waals surface area contributed by atoms with Crippen LogP contribution in [0.2, 0.25) is 0 Å². The summed E-state index contributed by atoms with van der Waals surface area (Å²) in [5.74, 6) is 0.668. The monoisotopic (exact) mass is 242 g/mol. The number of nitrogens with one attached hydrogen (secondary N) is 2. The normalized spacial score (nSPS) is 14.3. The zero-order chi connectivity index (χ0) is 12.4. The molecule has 0 saturated heterocycles. The zero-order valence-electron chi connectivity index (χ0n) is 9.89. The van der Waals surface area contributed by atoms with Crippen molar-refractivity contribution < 1.29 is 4.79 Å². The van der Waals surface area contributed by atoms with Crippen LogP contribution in [0.5, 0.6) is 0 Å². The summed E-state index contributed by atoms with van der Waals surface area (Å²) in [5, 5.41) is 5.51. The van der Waals surface area contributed by atoms with E-state index in [0.29, 0.717) is 12.4 Å². The van der Waals surface area contributed by atoms with Crippen LogP contribution in [0, 0.1) is 0 Å². The molecule has 0 bridgehead atoms. The molecule has 0 spiro atoms. The maximum atomic E-state index is 11.3. The van der Waals surface area contributed by atoms with Crippen molar-refractivity contribution in [2.75, 3.05) is 11.9 Å². The minimum absolute atomic E-state index is 0.182. The number of anilines is 1. The van der Waals surface area contributed by atoms with Gasteiger partial charge in [-0.2, -0.15) is 0 Å². The van der Waals surface area contributed by atoms with Crippen molar-refractivity contribution >= 4 is 11.8 Å². The van der Waals surface area contributed by atoms with Crippen LogP contribution in [-0.2, 0) is 13.0 Å². The summed E-state index contributed by atoms with van der Waals surface area (Å²) >= 11 is 0. The summed E-state index contributed by atoms with van der Waals surface area (Å²) in [6.07, 6.45) is 2.57. The number of benzene rings is 1. The molecule has 0 radical (unpaired) electrons. The lowest BCUT2D eigenvalue weighted by Gasteiger charge is -2.07. The fourth-order valence-electron chi connectivity index (χ4n) is 2.14. The summed E-state index contributed by atoms with van der Waals surface area (Å²) in [6, 6.07) is 10.0. The third-order valence-corrected chi connectivity index (χ3v) is 3.02. The highest BCUT2D eigenvalue weighted by molar-refractivity contribution is 5.89. The molecule has 5 heteroatoms. The minimum atomic E-state index is -0.182. The van der Waals surface area contributed by atoms with E-state index >= 15 is 0 Å². The number of urea groups is 1. The van der Waals surface area contributed by atoms with Crippen molar-refractivity contribution in [2.45, 2.75) is 13.0 Å². The van der Waals surface area contributed by atoms with Gasteiger partial charge >= 0.3 is 6.03 Å². The van der Waals surface area contributed by atoms with Crippen molar-refractivity contribution in [3.05, 3.63) is 47.9 Å². The molecule has 92 valence electrons. The zero-order valence-corrected chi connectivity index (χ0v) is 9.89. The Balaban J connectivity index is 1.88. The van der Waals surface area contributed by atoms with Gasteiger partial charge in [0.25, 0.3) is 0 Å². The van der Waals surface area contributed by atoms with Crippen LogP contribution >= 0.6 is 0 Å². The third kappa shape index (κ3) is 2.07. The Bertz CT molecular complexity index is 562. The van der Waals surface area contributed by atoms with Gasteiger partial charge in [0.1, 0.15) is 0 Å². The van der Waals surface area contributed by atoms with E-state index in [1.54, 1.807) is 6.33 Å². The molecule has 2 amide bonds. The molecular weight excluding hydrogens is 228 g/mol. The van der Waals surface area contributed by atoms with Gasteiger partial charge in [-0.15, -0.1) is 0 Å². The Morgan fingerprint density at radius 2 is 2.11 bits per heavy atom. The predicted molar refractivity (Wildman–Crippen MR) is 68.5 cm³/mol. The van der Waals surface area contributed by atoms with E-state index in [9.17, 15) is 4.79 Å². The summed E-state index contributed by atoms with van der Waals surface area (Å²) in [5.41, 5.74) is 2.29. The van der Waals surface area contributed by atoms with E-state index in [2.05, 4.69) is 32.3 Å². The average molecular weight is 242 g/mol. The largest absolute Gasteiger partial charge is 0.337 e. The molecule has 2 aromatic rings. The number of aromatic nitrogens is 2. The van der Waals surface area contributed by atoms with Crippen molar-refractivity contribution in [1.82, 2.24) is 14.9 Å². The first-order valence-electron chi connectivity index (χ1n) is 5.96. The second-order valence-electron chi connectivity index (χ2n) is 4.28. The van der Waals surface area contributed by atoms with Crippen LogP contribution in [0.15, 0.2) is 36.7 Å². The Kier molecular flexibility index (Phi) is 2.72. The van der Waals surface area contributed by atoms with Crippen LogP contribution in [0.3, 0.4) is 0 Å². The van der Waals surface area contributed by atoms with Crippen LogP contribution in [0.25, 0.3) is 0 Å². The molecule has 0 unspecified atom stereocenters. The van der Waals surface area contributed by atoms with Crippen LogP contribution < -0.4 is 10.6 Å². The highest BCUT2D eigenvalue weighted by Gasteiger charge is 2.17. The molecule has 3 rings (SSSR count). The standard InChI is InChI=1S/C13H14N4O/c18-13-14-7-6-11-12(16-13)15-9-17(11)8-10-4-2-1-3-5-10/h1-5,9H,6-8H2,(H2,14,16,18). The fraction of sp³-hybridized carbons (Fsp3) is 0.231. The number of rotatable bonds is 2. The Morgan fingerprint density at radius 1 is 1.28 bits per heavy atom. The molecule has 1 aliphatic rings. The second kappa shape index (κ2) is 4.52. The van der Waals surface area contributed by atoms with Gasteiger partial charge in [-0.05, 0) is 5.56 Å². The first-order valence-corrected chi connectivity index (χ1v) is 5.96. The molecule has 0 atom stereocenters. The number of carbonyl (C=O) groups excluding carboxylic acids is 1. The molecule has 2 heterocycles. The van der Waals surface area contributed by atoms with Crippen molar-refractivity contribution in [3.8, 4) is 0 Å². The van der Waals surface area contributed by atoms with E-state index in [1.807, 2.05) is 18.2 Å². The highest BCUT2D eigenvalue weighted by atomic mass is 16.2. The molecule has 0 saturated carbocycles. The molecule has 5 nitrogen and oxygen atoms in total. The van der Waals surface area contributed by atoms with Gasteiger partial charge in [0.15, 0.2) is 5.82 Å². The van der Waals surface area contributed by atoms with E-state index < -0.39 is 0 Å². The van der Waals surface area contributed by atoms with Gasteiger partial charge in [0.2, 0.25) is 0 Å². The van der Waals surface area contributed by atoms with E-state index in [-0.39, 0.29) is 6.03 Å². The Morgan fingerprint density at radius 3 is 2.94 bits per heavy atom. The molecule has 2 N–H and O–H groups in total. The lowest BCUT2D eigenvalue weighted by molar-refractivity contribution is 0.252. The number of carbonyl (C=O) groups is 1. The molecule has 0 fully saturated rings. The van der Waals surface area contributed by atoms with Crippen LogP contribution in [-0.4, -0.2) is 22.1 Å². The van der Waals surface area contributed by atoms with E-state index in [0.717, 1.165) is 18.7 Å². The molecule has 18 heavy (non-hydrogen) atoms. The van der Waals surface area contributed by atoms with Crippen molar-refractivity contribution in [2.24, 2.45) is 0 Å². The smallest absolute Gasteiger partial charge is 0.320 e. The van der Waals surface area contributed by atoms with E-state index in [4.69, 9.17) is 0 Å². The van der Waals surface area contributed by atoms with Gasteiger partial charge in [-0.25, -0.2) is 9.78 Å². The first-order chi connectivity index (χ1) is 8.83. The lowest BCUT2D eigenvalue weighted by Crippen LogP contribution is -2.27. The van der Waals surface area contributed by atoms with Gasteiger partial charge in [-0.3, -0.25) is 5.32 Å². The third-order valence-electron chi connectivity index (χ3n) is 3.02. The number of nitrogens with zero attached hydrogens (tertiary/aromatic N) is 2. The van der Waals surface area contributed by atoms with Gasteiger partial charge in [0.05, 0.1) is 12.0 Å². The molecular formula is C13H14N4O. The van der Waals surface area contributed by atoms with E-state index in [1.165, 1.54) is 5.56 Å². The Hall–Kier alpha value is -2.30. The SMILES string of the molecule is O=C1NCCc2c(ncn2Cc2ccccc2)N1. The van der Waals surface area contributed by atoms with Gasteiger partial charge in [-0.1, -0.05) is 30.3 Å². The molecule has 1 aromatic heterocycles. The number of hydrogen-bond donors (Lipinski definition) is 2. The van der Waals surface area contributed by atoms with Gasteiger partial charge < -0.3 is 9.88 Å². The second-order valence-corrected chi connectivity index (χ2v) is 4.28. The number of imidazole rings is 1. The number of hydrogen-bond acceptors (Lipinski definition) is 2. The summed E-state index contributed by atoms with van der Waals surface area (Å²) in [7, 11) is 0.